The van der Waals surface area contributed by atoms with Gasteiger partial charge in [0.1, 0.15) is 5.75 Å². The molecule has 4 rings (SSSR count). The third-order valence-corrected chi connectivity index (χ3v) is 5.86. The number of rotatable bonds is 6. The van der Waals surface area contributed by atoms with Crippen molar-refractivity contribution < 1.29 is 9.53 Å². The highest BCUT2D eigenvalue weighted by atomic mass is 79.9. The maximum absolute atomic E-state index is 13.2. The first kappa shape index (κ1) is 23.0. The van der Waals surface area contributed by atoms with Crippen molar-refractivity contribution in [3.8, 4) is 22.8 Å². The number of carbonyl (C=O) groups excluding carboxylic acids is 1. The number of hydrogen-bond acceptors (Lipinski definition) is 4. The standard InChI is InChI=1S/C25H22BrClN4O2/c1-15(2)21-14-17(26)6-13-22(21)28-25(32)23-29-24(16-4-7-18(27)8-5-16)31(30-23)19-9-11-20(33-3)12-10-19/h4-15H,1-3H3,(H,28,32). The van der Waals surface area contributed by atoms with Gasteiger partial charge in [-0.15, -0.1) is 5.10 Å². The van der Waals surface area contributed by atoms with Gasteiger partial charge in [-0.1, -0.05) is 41.4 Å². The van der Waals surface area contributed by atoms with Crippen LogP contribution in [-0.2, 0) is 0 Å². The minimum absolute atomic E-state index is 0.0633. The minimum Gasteiger partial charge on any atom is -0.497 e. The Balaban J connectivity index is 1.74. The number of aromatic nitrogens is 3. The van der Waals surface area contributed by atoms with Crippen molar-refractivity contribution in [3.05, 3.63) is 87.6 Å². The lowest BCUT2D eigenvalue weighted by Gasteiger charge is -2.13. The van der Waals surface area contributed by atoms with Crippen molar-refractivity contribution in [1.29, 1.82) is 0 Å². The van der Waals surface area contributed by atoms with E-state index in [1.807, 2.05) is 54.6 Å². The first-order valence-electron chi connectivity index (χ1n) is 10.3. The highest BCUT2D eigenvalue weighted by molar-refractivity contribution is 9.10. The molecule has 4 aromatic rings. The van der Waals surface area contributed by atoms with Gasteiger partial charge < -0.3 is 10.1 Å². The first-order valence-corrected chi connectivity index (χ1v) is 11.5. The number of methoxy groups -OCH3 is 1. The van der Waals surface area contributed by atoms with Crippen LogP contribution in [0.3, 0.4) is 0 Å². The molecule has 0 saturated carbocycles. The summed E-state index contributed by atoms with van der Waals surface area (Å²) < 4.78 is 7.85. The van der Waals surface area contributed by atoms with Crippen LogP contribution in [0.2, 0.25) is 5.02 Å². The number of anilines is 1. The van der Waals surface area contributed by atoms with Gasteiger partial charge in [-0.05, 0) is 78.2 Å². The molecule has 0 bridgehead atoms. The van der Waals surface area contributed by atoms with Gasteiger partial charge in [0.2, 0.25) is 5.82 Å². The highest BCUT2D eigenvalue weighted by Crippen LogP contribution is 2.29. The van der Waals surface area contributed by atoms with Crippen molar-refractivity contribution in [3.63, 3.8) is 0 Å². The van der Waals surface area contributed by atoms with E-state index in [2.05, 4.69) is 45.2 Å². The molecular formula is C25H22BrClN4O2. The van der Waals surface area contributed by atoms with Crippen LogP contribution in [-0.4, -0.2) is 27.8 Å². The number of ether oxygens (including phenoxy) is 1. The molecule has 0 unspecified atom stereocenters. The van der Waals surface area contributed by atoms with Crippen molar-refractivity contribution in [2.45, 2.75) is 19.8 Å². The molecule has 0 atom stereocenters. The molecule has 0 radical (unpaired) electrons. The van der Waals surface area contributed by atoms with E-state index in [9.17, 15) is 4.79 Å². The molecule has 0 saturated heterocycles. The fraction of sp³-hybridized carbons (Fsp3) is 0.160. The Morgan fingerprint density at radius 3 is 2.39 bits per heavy atom. The normalized spacial score (nSPS) is 11.0. The monoisotopic (exact) mass is 524 g/mol. The largest absolute Gasteiger partial charge is 0.497 e. The Morgan fingerprint density at radius 2 is 1.76 bits per heavy atom. The summed E-state index contributed by atoms with van der Waals surface area (Å²) in [5.41, 5.74) is 3.28. The Labute approximate surface area is 205 Å². The van der Waals surface area contributed by atoms with Crippen LogP contribution in [0.4, 0.5) is 5.69 Å². The summed E-state index contributed by atoms with van der Waals surface area (Å²) in [6.07, 6.45) is 0. The Morgan fingerprint density at radius 1 is 1.06 bits per heavy atom. The van der Waals surface area contributed by atoms with E-state index < -0.39 is 0 Å². The van der Waals surface area contributed by atoms with Crippen LogP contribution in [0, 0.1) is 0 Å². The zero-order valence-corrected chi connectivity index (χ0v) is 20.7. The highest BCUT2D eigenvalue weighted by Gasteiger charge is 2.20. The van der Waals surface area contributed by atoms with Gasteiger partial charge in [0.15, 0.2) is 5.82 Å². The van der Waals surface area contributed by atoms with Crippen molar-refractivity contribution in [1.82, 2.24) is 14.8 Å². The second kappa shape index (κ2) is 9.77. The second-order valence-corrected chi connectivity index (χ2v) is 9.07. The summed E-state index contributed by atoms with van der Waals surface area (Å²) in [5, 5.41) is 8.11. The Hall–Kier alpha value is -3.16. The SMILES string of the molecule is COc1ccc(-n2nc(C(=O)Nc3ccc(Br)cc3C(C)C)nc2-c2ccc(Cl)cc2)cc1. The quantitative estimate of drug-likeness (QED) is 0.303. The summed E-state index contributed by atoms with van der Waals surface area (Å²) in [5.74, 6) is 1.16. The molecule has 3 aromatic carbocycles. The maximum atomic E-state index is 13.2. The summed E-state index contributed by atoms with van der Waals surface area (Å²) in [6.45, 7) is 4.15. The van der Waals surface area contributed by atoms with E-state index in [0.717, 1.165) is 32.7 Å². The Bertz CT molecular complexity index is 1290. The van der Waals surface area contributed by atoms with Gasteiger partial charge in [-0.3, -0.25) is 4.79 Å². The van der Waals surface area contributed by atoms with Gasteiger partial charge in [0.05, 0.1) is 12.8 Å². The molecule has 1 heterocycles. The lowest BCUT2D eigenvalue weighted by Crippen LogP contribution is -2.16. The fourth-order valence-corrected chi connectivity index (χ4v) is 3.91. The van der Waals surface area contributed by atoms with Crippen molar-refractivity contribution in [2.75, 3.05) is 12.4 Å². The number of hydrogen-bond donors (Lipinski definition) is 1. The molecule has 0 aliphatic carbocycles. The van der Waals surface area contributed by atoms with Crippen LogP contribution in [0.25, 0.3) is 17.1 Å². The van der Waals surface area contributed by atoms with Crippen LogP contribution in [0.1, 0.15) is 35.9 Å². The lowest BCUT2D eigenvalue weighted by atomic mass is 10.0. The number of amides is 1. The van der Waals surface area contributed by atoms with E-state index >= 15 is 0 Å². The van der Waals surface area contributed by atoms with Gasteiger partial charge >= 0.3 is 0 Å². The van der Waals surface area contributed by atoms with Crippen LogP contribution < -0.4 is 10.1 Å². The number of halogens is 2. The molecule has 1 N–H and O–H groups in total. The summed E-state index contributed by atoms with van der Waals surface area (Å²) in [4.78, 5) is 17.7. The lowest BCUT2D eigenvalue weighted by molar-refractivity contribution is 0.101. The average molecular weight is 526 g/mol. The molecule has 33 heavy (non-hydrogen) atoms. The summed E-state index contributed by atoms with van der Waals surface area (Å²) in [6, 6.07) is 20.4. The molecule has 1 amide bonds. The number of carbonyl (C=O) groups is 1. The van der Waals surface area contributed by atoms with Crippen LogP contribution in [0.15, 0.2) is 71.2 Å². The van der Waals surface area contributed by atoms with E-state index in [1.165, 1.54) is 0 Å². The van der Waals surface area contributed by atoms with E-state index in [1.54, 1.807) is 23.9 Å². The topological polar surface area (TPSA) is 69.0 Å². The van der Waals surface area contributed by atoms with Gasteiger partial charge in [0, 0.05) is 20.7 Å². The fourth-order valence-electron chi connectivity index (χ4n) is 3.40. The van der Waals surface area contributed by atoms with E-state index in [0.29, 0.717) is 10.8 Å². The molecule has 6 nitrogen and oxygen atoms in total. The molecule has 0 fully saturated rings. The predicted octanol–water partition coefficient (Wildman–Crippen LogP) is 6.73. The summed E-state index contributed by atoms with van der Waals surface area (Å²) >= 11 is 9.56. The average Bonchev–Trinajstić information content (AvgIpc) is 3.26. The van der Waals surface area contributed by atoms with Crippen LogP contribution >= 0.6 is 27.5 Å². The molecule has 0 spiro atoms. The maximum Gasteiger partial charge on any atom is 0.295 e. The van der Waals surface area contributed by atoms with Gasteiger partial charge in [-0.2, -0.15) is 0 Å². The number of nitrogens with one attached hydrogen (secondary N) is 1. The van der Waals surface area contributed by atoms with E-state index in [-0.39, 0.29) is 17.6 Å². The van der Waals surface area contributed by atoms with Crippen LogP contribution in [0.5, 0.6) is 5.75 Å². The third kappa shape index (κ3) is 5.10. The van der Waals surface area contributed by atoms with E-state index in [4.69, 9.17) is 16.3 Å². The predicted molar refractivity (Wildman–Crippen MR) is 135 cm³/mol. The number of nitrogens with zero attached hydrogens (tertiary/aromatic N) is 3. The van der Waals surface area contributed by atoms with Crippen molar-refractivity contribution >= 4 is 39.1 Å². The minimum atomic E-state index is -0.387. The second-order valence-electron chi connectivity index (χ2n) is 7.72. The molecule has 0 aliphatic rings. The Kier molecular flexibility index (Phi) is 6.81. The molecule has 1 aromatic heterocycles. The molecule has 8 heteroatoms. The number of benzene rings is 3. The molecule has 0 aliphatic heterocycles. The molecular weight excluding hydrogens is 504 g/mol. The third-order valence-electron chi connectivity index (χ3n) is 5.11. The summed E-state index contributed by atoms with van der Waals surface area (Å²) in [7, 11) is 1.61. The van der Waals surface area contributed by atoms with Crippen molar-refractivity contribution in [2.24, 2.45) is 0 Å². The molecule has 168 valence electrons. The van der Waals surface area contributed by atoms with Gasteiger partial charge in [0.25, 0.3) is 5.91 Å². The smallest absolute Gasteiger partial charge is 0.295 e. The zero-order valence-electron chi connectivity index (χ0n) is 18.3. The zero-order chi connectivity index (χ0) is 23.5. The first-order chi connectivity index (χ1) is 15.9. The van der Waals surface area contributed by atoms with Gasteiger partial charge in [-0.25, -0.2) is 9.67 Å².